The number of rotatable bonds is 3. The highest BCUT2D eigenvalue weighted by Gasteiger charge is 2.07. The number of nitrogens with zero attached hydrogens (tertiary/aromatic N) is 1. The largest absolute Gasteiger partial charge is 0.489 e. The minimum atomic E-state index is 0.147. The van der Waals surface area contributed by atoms with Crippen molar-refractivity contribution in [3.05, 3.63) is 36.0 Å². The quantitative estimate of drug-likeness (QED) is 0.857. The van der Waals surface area contributed by atoms with Crippen LogP contribution >= 0.6 is 0 Å². The summed E-state index contributed by atoms with van der Waals surface area (Å²) in [5.41, 5.74) is 7.68. The van der Waals surface area contributed by atoms with Gasteiger partial charge in [-0.25, -0.2) is 0 Å². The molecule has 1 heterocycles. The number of benzene rings is 1. The smallest absolute Gasteiger partial charge is 0.145 e. The van der Waals surface area contributed by atoms with E-state index in [9.17, 15) is 0 Å². The molecule has 0 saturated carbocycles. The molecule has 2 rings (SSSR count). The average Bonchev–Trinajstić information content (AvgIpc) is 2.29. The molecule has 3 heteroatoms. The van der Waals surface area contributed by atoms with E-state index in [0.29, 0.717) is 6.54 Å². The molecule has 0 fully saturated rings. The molecule has 0 amide bonds. The van der Waals surface area contributed by atoms with Crippen molar-refractivity contribution in [3.8, 4) is 5.75 Å². The van der Waals surface area contributed by atoms with E-state index < -0.39 is 0 Å². The summed E-state index contributed by atoms with van der Waals surface area (Å²) in [4.78, 5) is 4.36. The number of pyridine rings is 1. The lowest BCUT2D eigenvalue weighted by Gasteiger charge is -2.13. The average molecular weight is 216 g/mol. The Bertz CT molecular complexity index is 494. The molecule has 16 heavy (non-hydrogen) atoms. The Morgan fingerprint density at radius 3 is 2.81 bits per heavy atom. The summed E-state index contributed by atoms with van der Waals surface area (Å²) in [6, 6.07) is 7.89. The van der Waals surface area contributed by atoms with Crippen LogP contribution in [0.4, 0.5) is 0 Å². The SMILES string of the molecule is CC(C)Oc1ccc(CN)c2cccnc12. The van der Waals surface area contributed by atoms with Crippen molar-refractivity contribution < 1.29 is 4.74 Å². The van der Waals surface area contributed by atoms with Gasteiger partial charge in [0.25, 0.3) is 0 Å². The molecule has 0 saturated heterocycles. The second-order valence-corrected chi connectivity index (χ2v) is 3.99. The minimum absolute atomic E-state index is 0.147. The molecule has 0 spiro atoms. The monoisotopic (exact) mass is 216 g/mol. The van der Waals surface area contributed by atoms with Crippen LogP contribution in [0.3, 0.4) is 0 Å². The third-order valence-electron chi connectivity index (χ3n) is 2.41. The van der Waals surface area contributed by atoms with Crippen molar-refractivity contribution in [2.24, 2.45) is 5.73 Å². The van der Waals surface area contributed by atoms with Gasteiger partial charge in [0.2, 0.25) is 0 Å². The first-order valence-electron chi connectivity index (χ1n) is 5.45. The Labute approximate surface area is 95.2 Å². The molecule has 0 aliphatic heterocycles. The number of hydrogen-bond acceptors (Lipinski definition) is 3. The summed E-state index contributed by atoms with van der Waals surface area (Å²) in [6.45, 7) is 4.53. The van der Waals surface area contributed by atoms with Gasteiger partial charge >= 0.3 is 0 Å². The molecule has 1 aromatic carbocycles. The van der Waals surface area contributed by atoms with Crippen molar-refractivity contribution in [1.29, 1.82) is 0 Å². The van der Waals surface area contributed by atoms with Crippen molar-refractivity contribution in [2.45, 2.75) is 26.5 Å². The lowest BCUT2D eigenvalue weighted by atomic mass is 10.1. The van der Waals surface area contributed by atoms with Crippen molar-refractivity contribution >= 4 is 10.9 Å². The van der Waals surface area contributed by atoms with Crippen molar-refractivity contribution in [1.82, 2.24) is 4.98 Å². The predicted molar refractivity (Wildman–Crippen MR) is 65.4 cm³/mol. The molecule has 2 N–H and O–H groups in total. The molecule has 3 nitrogen and oxygen atoms in total. The Morgan fingerprint density at radius 1 is 1.31 bits per heavy atom. The summed E-state index contributed by atoms with van der Waals surface area (Å²) in [7, 11) is 0. The van der Waals surface area contributed by atoms with Crippen LogP contribution in [0.5, 0.6) is 5.75 Å². The van der Waals surface area contributed by atoms with Gasteiger partial charge in [0.1, 0.15) is 11.3 Å². The summed E-state index contributed by atoms with van der Waals surface area (Å²) >= 11 is 0. The van der Waals surface area contributed by atoms with E-state index in [1.54, 1.807) is 6.20 Å². The first-order valence-corrected chi connectivity index (χ1v) is 5.45. The van der Waals surface area contributed by atoms with Gasteiger partial charge in [-0.2, -0.15) is 0 Å². The van der Waals surface area contributed by atoms with Crippen LogP contribution in [0.1, 0.15) is 19.4 Å². The fraction of sp³-hybridized carbons (Fsp3) is 0.308. The van der Waals surface area contributed by atoms with E-state index in [0.717, 1.165) is 22.2 Å². The first-order chi connectivity index (χ1) is 7.72. The predicted octanol–water partition coefficient (Wildman–Crippen LogP) is 2.48. The van der Waals surface area contributed by atoms with Crippen LogP contribution in [0, 0.1) is 0 Å². The molecule has 84 valence electrons. The molecular weight excluding hydrogens is 200 g/mol. The maximum Gasteiger partial charge on any atom is 0.145 e. The van der Waals surface area contributed by atoms with Crippen LogP contribution in [-0.2, 0) is 6.54 Å². The molecule has 0 radical (unpaired) electrons. The number of aromatic nitrogens is 1. The van der Waals surface area contributed by atoms with Crippen LogP contribution in [0.2, 0.25) is 0 Å². The van der Waals surface area contributed by atoms with Gasteiger partial charge in [0.15, 0.2) is 0 Å². The minimum Gasteiger partial charge on any atom is -0.489 e. The maximum atomic E-state index is 5.72. The Kier molecular flexibility index (Phi) is 3.06. The Balaban J connectivity index is 2.60. The molecular formula is C13H16N2O. The fourth-order valence-corrected chi connectivity index (χ4v) is 1.73. The van der Waals surface area contributed by atoms with Gasteiger partial charge in [0.05, 0.1) is 6.10 Å². The maximum absolute atomic E-state index is 5.72. The summed E-state index contributed by atoms with van der Waals surface area (Å²) in [6.07, 6.45) is 1.92. The van der Waals surface area contributed by atoms with Gasteiger partial charge in [-0.1, -0.05) is 12.1 Å². The van der Waals surface area contributed by atoms with Gasteiger partial charge in [-0.3, -0.25) is 4.98 Å². The zero-order valence-corrected chi connectivity index (χ0v) is 9.60. The molecule has 1 aromatic heterocycles. The van der Waals surface area contributed by atoms with Crippen molar-refractivity contribution in [3.63, 3.8) is 0 Å². The van der Waals surface area contributed by atoms with Crippen molar-refractivity contribution in [2.75, 3.05) is 0 Å². The van der Waals surface area contributed by atoms with E-state index >= 15 is 0 Å². The Morgan fingerprint density at radius 2 is 2.12 bits per heavy atom. The van der Waals surface area contributed by atoms with Gasteiger partial charge in [-0.05, 0) is 31.5 Å². The number of fused-ring (bicyclic) bond motifs is 1. The third-order valence-corrected chi connectivity index (χ3v) is 2.41. The molecule has 0 bridgehead atoms. The topological polar surface area (TPSA) is 48.1 Å². The zero-order valence-electron chi connectivity index (χ0n) is 9.60. The number of hydrogen-bond donors (Lipinski definition) is 1. The van der Waals surface area contributed by atoms with E-state index in [4.69, 9.17) is 10.5 Å². The zero-order chi connectivity index (χ0) is 11.5. The molecule has 2 aromatic rings. The highest BCUT2D eigenvalue weighted by molar-refractivity contribution is 5.87. The second kappa shape index (κ2) is 4.49. The lowest BCUT2D eigenvalue weighted by molar-refractivity contribution is 0.245. The second-order valence-electron chi connectivity index (χ2n) is 3.99. The summed E-state index contributed by atoms with van der Waals surface area (Å²) in [5, 5.41) is 1.07. The third kappa shape index (κ3) is 1.99. The summed E-state index contributed by atoms with van der Waals surface area (Å²) < 4.78 is 5.72. The fourth-order valence-electron chi connectivity index (χ4n) is 1.73. The van der Waals surface area contributed by atoms with Gasteiger partial charge < -0.3 is 10.5 Å². The molecule has 0 aliphatic rings. The van der Waals surface area contributed by atoms with E-state index in [-0.39, 0.29) is 6.10 Å². The van der Waals surface area contributed by atoms with E-state index in [1.807, 2.05) is 38.1 Å². The van der Waals surface area contributed by atoms with Crippen LogP contribution < -0.4 is 10.5 Å². The summed E-state index contributed by atoms with van der Waals surface area (Å²) in [5.74, 6) is 0.822. The lowest BCUT2D eigenvalue weighted by Crippen LogP contribution is -2.07. The molecule has 0 atom stereocenters. The van der Waals surface area contributed by atoms with Gasteiger partial charge in [0, 0.05) is 18.1 Å². The standard InChI is InChI=1S/C13H16N2O/c1-9(2)16-12-6-5-10(8-14)11-4-3-7-15-13(11)12/h3-7,9H,8,14H2,1-2H3. The normalized spacial score (nSPS) is 11.0. The Hall–Kier alpha value is -1.61. The van der Waals surface area contributed by atoms with Crippen LogP contribution in [0.15, 0.2) is 30.5 Å². The molecule has 0 unspecified atom stereocenters. The number of nitrogens with two attached hydrogens (primary N) is 1. The number of ether oxygens (including phenoxy) is 1. The molecule has 0 aliphatic carbocycles. The van der Waals surface area contributed by atoms with E-state index in [2.05, 4.69) is 4.98 Å². The highest BCUT2D eigenvalue weighted by atomic mass is 16.5. The van der Waals surface area contributed by atoms with Gasteiger partial charge in [-0.15, -0.1) is 0 Å². The van der Waals surface area contributed by atoms with E-state index in [1.165, 1.54) is 0 Å². The first kappa shape index (κ1) is 10.9. The highest BCUT2D eigenvalue weighted by Crippen LogP contribution is 2.27. The van der Waals surface area contributed by atoms with Crippen LogP contribution in [0.25, 0.3) is 10.9 Å². The van der Waals surface area contributed by atoms with Crippen LogP contribution in [-0.4, -0.2) is 11.1 Å².